The fourth-order valence-corrected chi connectivity index (χ4v) is 2.03. The van der Waals surface area contributed by atoms with Crippen LogP contribution in [-0.4, -0.2) is 34.0 Å². The first-order valence-corrected chi connectivity index (χ1v) is 5.48. The Morgan fingerprint density at radius 2 is 2.40 bits per heavy atom. The minimum atomic E-state index is 0.364. The van der Waals surface area contributed by atoms with Gasteiger partial charge in [-0.15, -0.1) is 0 Å². The van der Waals surface area contributed by atoms with E-state index in [0.29, 0.717) is 12.0 Å². The zero-order valence-electron chi connectivity index (χ0n) is 9.13. The average molecular weight is 206 g/mol. The summed E-state index contributed by atoms with van der Waals surface area (Å²) in [6.07, 6.45) is 6.37. The molecule has 2 rings (SSSR count). The van der Waals surface area contributed by atoms with E-state index in [-0.39, 0.29) is 0 Å². The van der Waals surface area contributed by atoms with Crippen molar-refractivity contribution in [2.24, 2.45) is 11.7 Å². The summed E-state index contributed by atoms with van der Waals surface area (Å²) in [5.74, 6) is 0.579. The maximum atomic E-state index is 5.98. The van der Waals surface area contributed by atoms with Crippen molar-refractivity contribution in [2.45, 2.75) is 25.9 Å². The molecule has 82 valence electrons. The summed E-state index contributed by atoms with van der Waals surface area (Å²) >= 11 is 0. The van der Waals surface area contributed by atoms with Gasteiger partial charge in [-0.2, -0.15) is 0 Å². The van der Waals surface area contributed by atoms with Gasteiger partial charge in [0, 0.05) is 44.3 Å². The predicted molar refractivity (Wildman–Crippen MR) is 59.1 cm³/mol. The predicted octanol–water partition coefficient (Wildman–Crippen LogP) is 0.646. The van der Waals surface area contributed by atoms with Crippen LogP contribution in [-0.2, 0) is 6.54 Å². The van der Waals surface area contributed by atoms with Crippen LogP contribution in [0, 0.1) is 5.92 Å². The van der Waals surface area contributed by atoms with Crippen LogP contribution < -0.4 is 5.73 Å². The number of nitrogens with two attached hydrogens (primary N) is 1. The van der Waals surface area contributed by atoms with Gasteiger partial charge >= 0.3 is 0 Å². The van der Waals surface area contributed by atoms with Crippen LogP contribution in [0.5, 0.6) is 0 Å². The Morgan fingerprint density at radius 1 is 1.53 bits per heavy atom. The second-order valence-electron chi connectivity index (χ2n) is 4.36. The molecule has 0 saturated carbocycles. The van der Waals surface area contributed by atoms with Gasteiger partial charge in [-0.25, -0.2) is 0 Å². The van der Waals surface area contributed by atoms with Gasteiger partial charge in [0.1, 0.15) is 0 Å². The van der Waals surface area contributed by atoms with Crippen LogP contribution in [0.15, 0.2) is 18.6 Å². The molecule has 2 N–H and O–H groups in total. The minimum Gasteiger partial charge on any atom is -0.327 e. The van der Waals surface area contributed by atoms with Gasteiger partial charge in [-0.05, 0) is 12.3 Å². The van der Waals surface area contributed by atoms with Gasteiger partial charge in [0.05, 0.1) is 5.69 Å². The monoisotopic (exact) mass is 206 g/mol. The minimum absolute atomic E-state index is 0.364. The summed E-state index contributed by atoms with van der Waals surface area (Å²) in [4.78, 5) is 10.8. The third kappa shape index (κ3) is 2.73. The number of hydrogen-bond acceptors (Lipinski definition) is 4. The standard InChI is InChI=1S/C11H18N4/c1-9-7-15(5-2-11(9)12)8-10-6-13-3-4-14-10/h3-4,6,9,11H,2,5,7-8,12H2,1H3. The van der Waals surface area contributed by atoms with Crippen molar-refractivity contribution >= 4 is 0 Å². The highest BCUT2D eigenvalue weighted by molar-refractivity contribution is 4.95. The highest BCUT2D eigenvalue weighted by Crippen LogP contribution is 2.16. The third-order valence-corrected chi connectivity index (χ3v) is 3.06. The van der Waals surface area contributed by atoms with Gasteiger partial charge in [-0.3, -0.25) is 14.9 Å². The van der Waals surface area contributed by atoms with Crippen molar-refractivity contribution in [3.63, 3.8) is 0 Å². The Hall–Kier alpha value is -1.00. The summed E-state index contributed by atoms with van der Waals surface area (Å²) in [6.45, 7) is 5.25. The number of nitrogens with zero attached hydrogens (tertiary/aromatic N) is 3. The molecule has 0 aromatic carbocycles. The van der Waals surface area contributed by atoms with E-state index < -0.39 is 0 Å². The van der Waals surface area contributed by atoms with Crippen LogP contribution in [0.4, 0.5) is 0 Å². The molecular weight excluding hydrogens is 188 g/mol. The van der Waals surface area contributed by atoms with Crippen LogP contribution >= 0.6 is 0 Å². The number of aromatic nitrogens is 2. The molecule has 0 bridgehead atoms. The van der Waals surface area contributed by atoms with Gasteiger partial charge < -0.3 is 5.73 Å². The number of piperidine rings is 1. The smallest absolute Gasteiger partial charge is 0.0726 e. The lowest BCUT2D eigenvalue weighted by Crippen LogP contribution is -2.45. The van der Waals surface area contributed by atoms with Crippen LogP contribution in [0.3, 0.4) is 0 Å². The molecule has 4 heteroatoms. The van der Waals surface area contributed by atoms with Crippen LogP contribution in [0.25, 0.3) is 0 Å². The Labute approximate surface area is 90.5 Å². The van der Waals surface area contributed by atoms with E-state index in [2.05, 4.69) is 21.8 Å². The van der Waals surface area contributed by atoms with E-state index in [9.17, 15) is 0 Å². The van der Waals surface area contributed by atoms with Gasteiger partial charge in [0.25, 0.3) is 0 Å². The van der Waals surface area contributed by atoms with E-state index in [1.165, 1.54) is 0 Å². The average Bonchev–Trinajstić information content (AvgIpc) is 2.25. The first kappa shape index (κ1) is 10.5. The first-order valence-electron chi connectivity index (χ1n) is 5.48. The summed E-state index contributed by atoms with van der Waals surface area (Å²) in [6, 6.07) is 0.364. The third-order valence-electron chi connectivity index (χ3n) is 3.06. The molecule has 15 heavy (non-hydrogen) atoms. The van der Waals surface area contributed by atoms with Gasteiger partial charge in [0.15, 0.2) is 0 Å². The maximum absolute atomic E-state index is 5.98. The zero-order chi connectivity index (χ0) is 10.7. The van der Waals surface area contributed by atoms with E-state index in [4.69, 9.17) is 5.73 Å². The van der Waals surface area contributed by atoms with E-state index in [0.717, 1.165) is 31.7 Å². The van der Waals surface area contributed by atoms with Crippen molar-refractivity contribution in [1.82, 2.24) is 14.9 Å². The molecule has 0 radical (unpaired) electrons. The molecule has 0 spiro atoms. The molecule has 1 aromatic rings. The normalized spacial score (nSPS) is 27.9. The van der Waals surface area contributed by atoms with E-state index >= 15 is 0 Å². The van der Waals surface area contributed by atoms with Crippen molar-refractivity contribution in [2.75, 3.05) is 13.1 Å². The lowest BCUT2D eigenvalue weighted by atomic mass is 9.95. The molecule has 2 unspecified atom stereocenters. The zero-order valence-corrected chi connectivity index (χ0v) is 9.13. The topological polar surface area (TPSA) is 55.0 Å². The summed E-state index contributed by atoms with van der Waals surface area (Å²) in [5.41, 5.74) is 7.02. The molecule has 0 aliphatic carbocycles. The summed E-state index contributed by atoms with van der Waals surface area (Å²) in [5, 5.41) is 0. The highest BCUT2D eigenvalue weighted by Gasteiger charge is 2.22. The number of likely N-dealkylation sites (tertiary alicyclic amines) is 1. The molecule has 0 amide bonds. The Morgan fingerprint density at radius 3 is 3.07 bits per heavy atom. The second kappa shape index (κ2) is 4.68. The molecule has 1 saturated heterocycles. The lowest BCUT2D eigenvalue weighted by molar-refractivity contribution is 0.156. The van der Waals surface area contributed by atoms with E-state index in [1.807, 2.05) is 6.20 Å². The fraction of sp³-hybridized carbons (Fsp3) is 0.636. The van der Waals surface area contributed by atoms with Crippen LogP contribution in [0.1, 0.15) is 19.0 Å². The number of rotatable bonds is 2. The molecule has 1 aliphatic heterocycles. The quantitative estimate of drug-likeness (QED) is 0.771. The van der Waals surface area contributed by atoms with Crippen molar-refractivity contribution < 1.29 is 0 Å². The molecule has 2 atom stereocenters. The van der Waals surface area contributed by atoms with Crippen molar-refractivity contribution in [1.29, 1.82) is 0 Å². The Kier molecular flexibility index (Phi) is 3.28. The van der Waals surface area contributed by atoms with Crippen LogP contribution in [0.2, 0.25) is 0 Å². The summed E-state index contributed by atoms with van der Waals surface area (Å²) < 4.78 is 0. The molecule has 2 heterocycles. The van der Waals surface area contributed by atoms with Gasteiger partial charge in [0.2, 0.25) is 0 Å². The first-order chi connectivity index (χ1) is 7.25. The largest absolute Gasteiger partial charge is 0.327 e. The fourth-order valence-electron chi connectivity index (χ4n) is 2.03. The SMILES string of the molecule is CC1CN(Cc2cnccn2)CCC1N. The van der Waals surface area contributed by atoms with Crippen molar-refractivity contribution in [3.05, 3.63) is 24.3 Å². The Bertz CT molecular complexity index is 301. The lowest BCUT2D eigenvalue weighted by Gasteiger charge is -2.34. The maximum Gasteiger partial charge on any atom is 0.0726 e. The molecular formula is C11H18N4. The second-order valence-corrected chi connectivity index (χ2v) is 4.36. The Balaban J connectivity index is 1.91. The molecule has 1 aromatic heterocycles. The molecule has 4 nitrogen and oxygen atoms in total. The number of hydrogen-bond donors (Lipinski definition) is 1. The highest BCUT2D eigenvalue weighted by atomic mass is 15.1. The summed E-state index contributed by atoms with van der Waals surface area (Å²) in [7, 11) is 0. The molecule has 1 fully saturated rings. The van der Waals surface area contributed by atoms with Crippen molar-refractivity contribution in [3.8, 4) is 0 Å². The van der Waals surface area contributed by atoms with Gasteiger partial charge in [-0.1, -0.05) is 6.92 Å². The molecule has 1 aliphatic rings. The van der Waals surface area contributed by atoms with E-state index in [1.54, 1.807) is 12.4 Å².